The number of nitrogens with zero attached hydrogens (tertiary/aromatic N) is 1. The zero-order valence-corrected chi connectivity index (χ0v) is 12.5. The fourth-order valence-electron chi connectivity index (χ4n) is 1.80. The van der Waals surface area contributed by atoms with Gasteiger partial charge in [-0.15, -0.1) is 0 Å². The molecule has 0 radical (unpaired) electrons. The molecule has 0 bridgehead atoms. The summed E-state index contributed by atoms with van der Waals surface area (Å²) in [6.07, 6.45) is 1.01. The normalized spacial score (nSPS) is 13.7. The Morgan fingerprint density at radius 3 is 2.68 bits per heavy atom. The van der Waals surface area contributed by atoms with E-state index < -0.39 is 5.54 Å². The minimum atomic E-state index is -0.602. The van der Waals surface area contributed by atoms with Gasteiger partial charge in [-0.1, -0.05) is 37.3 Å². The molecular weight excluding hydrogens is 256 g/mol. The maximum atomic E-state index is 9.66. The Labute approximate surface area is 120 Å². The van der Waals surface area contributed by atoms with Crippen LogP contribution in [0, 0.1) is 11.3 Å². The van der Waals surface area contributed by atoms with Crippen LogP contribution < -0.4 is 5.32 Å². The number of ether oxygens (including phenoxy) is 1. The summed E-state index contributed by atoms with van der Waals surface area (Å²) in [5.41, 5.74) is 0.436. The molecule has 0 spiro atoms. The predicted molar refractivity (Wildman–Crippen MR) is 81.2 cm³/mol. The molecule has 4 heteroatoms. The second kappa shape index (κ2) is 8.98. The first-order chi connectivity index (χ1) is 9.29. The van der Waals surface area contributed by atoms with Crippen molar-refractivity contribution in [2.75, 3.05) is 31.8 Å². The van der Waals surface area contributed by atoms with Gasteiger partial charge in [-0.2, -0.15) is 17.0 Å². The van der Waals surface area contributed by atoms with E-state index in [1.54, 1.807) is 18.9 Å². The van der Waals surface area contributed by atoms with Gasteiger partial charge in [0, 0.05) is 18.6 Å². The highest BCUT2D eigenvalue weighted by molar-refractivity contribution is 7.99. The molecule has 104 valence electrons. The number of benzene rings is 1. The van der Waals surface area contributed by atoms with Gasteiger partial charge in [-0.05, 0) is 18.5 Å². The quantitative estimate of drug-likeness (QED) is 0.706. The van der Waals surface area contributed by atoms with Crippen molar-refractivity contribution in [3.8, 4) is 6.07 Å². The van der Waals surface area contributed by atoms with E-state index in [1.165, 1.54) is 0 Å². The number of hydrogen-bond acceptors (Lipinski definition) is 4. The van der Waals surface area contributed by atoms with E-state index in [-0.39, 0.29) is 0 Å². The monoisotopic (exact) mass is 278 g/mol. The molecule has 0 heterocycles. The van der Waals surface area contributed by atoms with Crippen molar-refractivity contribution in [1.82, 2.24) is 5.32 Å². The first-order valence-electron chi connectivity index (χ1n) is 6.57. The van der Waals surface area contributed by atoms with Gasteiger partial charge < -0.3 is 4.74 Å². The molecule has 0 aliphatic carbocycles. The van der Waals surface area contributed by atoms with Crippen LogP contribution in [0.4, 0.5) is 0 Å². The van der Waals surface area contributed by atoms with Gasteiger partial charge in [0.25, 0.3) is 0 Å². The fourth-order valence-corrected chi connectivity index (χ4v) is 2.87. The lowest BCUT2D eigenvalue weighted by Gasteiger charge is -2.28. The average molecular weight is 278 g/mol. The SMILES string of the molecule is CCCNC(C#N)(CSCCOC)c1ccccc1. The lowest BCUT2D eigenvalue weighted by Crippen LogP contribution is -2.44. The molecule has 19 heavy (non-hydrogen) atoms. The Hall–Kier alpha value is -1.02. The maximum absolute atomic E-state index is 9.66. The van der Waals surface area contributed by atoms with Gasteiger partial charge in [0.1, 0.15) is 5.54 Å². The highest BCUT2D eigenvalue weighted by atomic mass is 32.2. The third-order valence-corrected chi connectivity index (χ3v) is 3.98. The van der Waals surface area contributed by atoms with Crippen LogP contribution in [0.3, 0.4) is 0 Å². The summed E-state index contributed by atoms with van der Waals surface area (Å²) in [6, 6.07) is 12.4. The molecule has 1 aromatic carbocycles. The minimum Gasteiger partial charge on any atom is -0.384 e. The first-order valence-corrected chi connectivity index (χ1v) is 7.73. The van der Waals surface area contributed by atoms with E-state index >= 15 is 0 Å². The van der Waals surface area contributed by atoms with Crippen molar-refractivity contribution >= 4 is 11.8 Å². The Morgan fingerprint density at radius 2 is 2.11 bits per heavy atom. The van der Waals surface area contributed by atoms with Crippen molar-refractivity contribution in [1.29, 1.82) is 5.26 Å². The minimum absolute atomic E-state index is 0.602. The summed E-state index contributed by atoms with van der Waals surface area (Å²) in [6.45, 7) is 3.67. The summed E-state index contributed by atoms with van der Waals surface area (Å²) in [4.78, 5) is 0. The lowest BCUT2D eigenvalue weighted by atomic mass is 9.93. The Balaban J connectivity index is 2.80. The second-order valence-electron chi connectivity index (χ2n) is 4.36. The molecule has 1 aromatic rings. The topological polar surface area (TPSA) is 45.0 Å². The standard InChI is InChI=1S/C15H22N2OS/c1-3-9-17-15(12-16,13-19-11-10-18-2)14-7-5-4-6-8-14/h4-8,17H,3,9-11,13H2,1-2H3. The Bertz CT molecular complexity index is 391. The van der Waals surface area contributed by atoms with E-state index in [2.05, 4.69) is 18.3 Å². The molecule has 0 saturated carbocycles. The Kier molecular flexibility index (Phi) is 7.57. The van der Waals surface area contributed by atoms with Crippen LogP contribution in [-0.4, -0.2) is 31.8 Å². The van der Waals surface area contributed by atoms with Crippen LogP contribution in [0.2, 0.25) is 0 Å². The molecule has 1 N–H and O–H groups in total. The molecule has 0 amide bonds. The zero-order valence-electron chi connectivity index (χ0n) is 11.7. The summed E-state index contributed by atoms with van der Waals surface area (Å²) < 4.78 is 5.05. The Morgan fingerprint density at radius 1 is 1.37 bits per heavy atom. The molecular formula is C15H22N2OS. The van der Waals surface area contributed by atoms with E-state index in [9.17, 15) is 5.26 Å². The zero-order chi connectivity index (χ0) is 14.0. The van der Waals surface area contributed by atoms with Crippen molar-refractivity contribution in [3.05, 3.63) is 35.9 Å². The van der Waals surface area contributed by atoms with Crippen LogP contribution in [0.25, 0.3) is 0 Å². The molecule has 1 unspecified atom stereocenters. The van der Waals surface area contributed by atoms with Crippen LogP contribution >= 0.6 is 11.8 Å². The molecule has 0 fully saturated rings. The van der Waals surface area contributed by atoms with Crippen LogP contribution in [0.5, 0.6) is 0 Å². The van der Waals surface area contributed by atoms with Crippen molar-refractivity contribution < 1.29 is 4.74 Å². The predicted octanol–water partition coefficient (Wildman–Crippen LogP) is 2.78. The molecule has 0 aromatic heterocycles. The highest BCUT2D eigenvalue weighted by Crippen LogP contribution is 2.25. The maximum Gasteiger partial charge on any atom is 0.141 e. The number of rotatable bonds is 9. The van der Waals surface area contributed by atoms with Gasteiger partial charge >= 0.3 is 0 Å². The molecule has 3 nitrogen and oxygen atoms in total. The van der Waals surface area contributed by atoms with Crippen molar-refractivity contribution in [3.63, 3.8) is 0 Å². The lowest BCUT2D eigenvalue weighted by molar-refractivity contribution is 0.218. The van der Waals surface area contributed by atoms with Gasteiger partial charge in [-0.3, -0.25) is 5.32 Å². The van der Waals surface area contributed by atoms with Crippen LogP contribution in [0.15, 0.2) is 30.3 Å². The largest absolute Gasteiger partial charge is 0.384 e. The van der Waals surface area contributed by atoms with Crippen molar-refractivity contribution in [2.45, 2.75) is 18.9 Å². The number of methoxy groups -OCH3 is 1. The molecule has 0 saturated heterocycles. The van der Waals surface area contributed by atoms with E-state index in [0.29, 0.717) is 0 Å². The third-order valence-electron chi connectivity index (χ3n) is 2.88. The van der Waals surface area contributed by atoms with Gasteiger partial charge in [0.15, 0.2) is 0 Å². The number of nitriles is 1. The van der Waals surface area contributed by atoms with Gasteiger partial charge in [0.05, 0.1) is 12.7 Å². The summed E-state index contributed by atoms with van der Waals surface area (Å²) in [7, 11) is 1.70. The first kappa shape index (κ1) is 16.0. The summed E-state index contributed by atoms with van der Waals surface area (Å²) >= 11 is 1.74. The highest BCUT2D eigenvalue weighted by Gasteiger charge is 2.31. The van der Waals surface area contributed by atoms with E-state index in [0.717, 1.165) is 36.6 Å². The third kappa shape index (κ3) is 4.87. The van der Waals surface area contributed by atoms with E-state index in [1.807, 2.05) is 30.3 Å². The van der Waals surface area contributed by atoms with Crippen molar-refractivity contribution in [2.24, 2.45) is 0 Å². The average Bonchev–Trinajstić information content (AvgIpc) is 2.48. The number of hydrogen-bond donors (Lipinski definition) is 1. The van der Waals surface area contributed by atoms with Crippen LogP contribution in [-0.2, 0) is 10.3 Å². The smallest absolute Gasteiger partial charge is 0.141 e. The molecule has 1 atom stereocenters. The van der Waals surface area contributed by atoms with Gasteiger partial charge in [0.2, 0.25) is 0 Å². The number of thioether (sulfide) groups is 1. The summed E-state index contributed by atoms with van der Waals surface area (Å²) in [5.74, 6) is 1.64. The molecule has 0 aliphatic rings. The van der Waals surface area contributed by atoms with Gasteiger partial charge in [-0.25, -0.2) is 0 Å². The number of nitrogens with one attached hydrogen (secondary N) is 1. The molecule has 1 rings (SSSR count). The fraction of sp³-hybridized carbons (Fsp3) is 0.533. The second-order valence-corrected chi connectivity index (χ2v) is 5.46. The summed E-state index contributed by atoms with van der Waals surface area (Å²) in [5, 5.41) is 13.1. The molecule has 0 aliphatic heterocycles. The van der Waals surface area contributed by atoms with E-state index in [4.69, 9.17) is 4.74 Å². The van der Waals surface area contributed by atoms with Crippen LogP contribution in [0.1, 0.15) is 18.9 Å².